The Labute approximate surface area is 227 Å². The number of aliphatic hydroxyl groups is 1. The number of para-hydroxylation sites is 1. The van der Waals surface area contributed by atoms with E-state index in [4.69, 9.17) is 15.5 Å². The number of nitrogens with zero attached hydrogens (tertiary/aromatic N) is 4. The van der Waals surface area contributed by atoms with Crippen LogP contribution in [-0.2, 0) is 20.0 Å². The average molecular weight is 534 g/mol. The molecular weight excluding hydrogens is 497 g/mol. The Hall–Kier alpha value is -3.43. The number of fused-ring (bicyclic) bond motifs is 3. The first kappa shape index (κ1) is 25.8. The number of hydrogen-bond donors (Lipinski definition) is 2. The molecule has 0 saturated heterocycles. The maximum Gasteiger partial charge on any atom is 0.254 e. The molecule has 9 heteroatoms. The van der Waals surface area contributed by atoms with Crippen LogP contribution in [0.1, 0.15) is 42.1 Å². The van der Waals surface area contributed by atoms with Crippen LogP contribution in [0.2, 0.25) is 0 Å². The Morgan fingerprint density at radius 1 is 1.26 bits per heavy atom. The highest BCUT2D eigenvalue weighted by Crippen LogP contribution is 2.39. The molecule has 8 nitrogen and oxygen atoms in total. The van der Waals surface area contributed by atoms with Gasteiger partial charge in [0.25, 0.3) is 5.91 Å². The number of rotatable bonds is 10. The zero-order valence-electron chi connectivity index (χ0n) is 22.6. The molecule has 1 saturated carbocycles. The number of benzene rings is 2. The number of aromatic nitrogens is 3. The largest absolute Gasteiger partial charge is 0.488 e. The quantitative estimate of drug-likeness (QED) is 0.321. The van der Waals surface area contributed by atoms with Crippen LogP contribution in [0.3, 0.4) is 0 Å². The fourth-order valence-corrected chi connectivity index (χ4v) is 5.73. The van der Waals surface area contributed by atoms with E-state index >= 15 is 0 Å². The molecule has 4 aromatic rings. The van der Waals surface area contributed by atoms with Crippen molar-refractivity contribution in [1.29, 1.82) is 0 Å². The normalized spacial score (nSPS) is 17.2. The summed E-state index contributed by atoms with van der Waals surface area (Å²) in [6, 6.07) is 11.6. The lowest BCUT2D eigenvalue weighted by Gasteiger charge is -2.30. The number of hydrogen-bond acceptors (Lipinski definition) is 5. The molecular formula is C30H36FN5O3. The molecule has 1 aliphatic carbocycles. The summed E-state index contributed by atoms with van der Waals surface area (Å²) in [7, 11) is 2.02. The number of imidazole rings is 1. The van der Waals surface area contributed by atoms with Crippen LogP contribution in [0, 0.1) is 5.92 Å². The summed E-state index contributed by atoms with van der Waals surface area (Å²) in [4.78, 5) is 19.9. The zero-order chi connectivity index (χ0) is 27.3. The van der Waals surface area contributed by atoms with E-state index in [1.165, 1.54) is 12.8 Å². The van der Waals surface area contributed by atoms with Crippen molar-refractivity contribution in [2.24, 2.45) is 18.7 Å². The molecule has 206 valence electrons. The van der Waals surface area contributed by atoms with Gasteiger partial charge in [0.2, 0.25) is 0 Å². The van der Waals surface area contributed by atoms with E-state index in [-0.39, 0.29) is 25.2 Å². The lowest BCUT2D eigenvalue weighted by Crippen LogP contribution is -2.45. The zero-order valence-corrected chi connectivity index (χ0v) is 22.6. The van der Waals surface area contributed by atoms with Gasteiger partial charge in [-0.2, -0.15) is 0 Å². The molecule has 2 aliphatic rings. The number of halogens is 1. The molecule has 0 bridgehead atoms. The van der Waals surface area contributed by atoms with Crippen molar-refractivity contribution in [2.75, 3.05) is 26.4 Å². The van der Waals surface area contributed by atoms with E-state index in [0.29, 0.717) is 30.9 Å². The number of amides is 1. The minimum absolute atomic E-state index is 0.0816. The fraction of sp³-hybridized carbons (Fsp3) is 0.467. The van der Waals surface area contributed by atoms with Gasteiger partial charge in [-0.1, -0.05) is 12.1 Å². The van der Waals surface area contributed by atoms with E-state index in [0.717, 1.165) is 51.3 Å². The summed E-state index contributed by atoms with van der Waals surface area (Å²) in [6.45, 7) is 3.03. The molecule has 6 rings (SSSR count). The van der Waals surface area contributed by atoms with Gasteiger partial charge in [-0.3, -0.25) is 4.79 Å². The molecule has 1 fully saturated rings. The molecule has 3 heterocycles. The minimum Gasteiger partial charge on any atom is -0.488 e. The second kappa shape index (κ2) is 10.3. The highest BCUT2D eigenvalue weighted by molar-refractivity contribution is 6.01. The Balaban J connectivity index is 1.44. The average Bonchev–Trinajstić information content (AvgIpc) is 3.59. The summed E-state index contributed by atoms with van der Waals surface area (Å²) < 4.78 is 23.7. The third-order valence-corrected chi connectivity index (χ3v) is 8.04. The van der Waals surface area contributed by atoms with Crippen LogP contribution >= 0.6 is 0 Å². The van der Waals surface area contributed by atoms with Gasteiger partial charge in [0.15, 0.2) is 5.82 Å². The van der Waals surface area contributed by atoms with Crippen molar-refractivity contribution >= 4 is 27.8 Å². The van der Waals surface area contributed by atoms with Crippen molar-refractivity contribution in [2.45, 2.75) is 51.3 Å². The lowest BCUT2D eigenvalue weighted by molar-refractivity contribution is 0.0725. The first-order valence-corrected chi connectivity index (χ1v) is 13.9. The lowest BCUT2D eigenvalue weighted by atomic mass is 9.97. The van der Waals surface area contributed by atoms with Crippen molar-refractivity contribution < 1.29 is 19.0 Å². The summed E-state index contributed by atoms with van der Waals surface area (Å²) in [6.07, 6.45) is 3.58. The summed E-state index contributed by atoms with van der Waals surface area (Å²) in [5, 5.41) is 10.5. The van der Waals surface area contributed by atoms with E-state index in [1.54, 1.807) is 4.90 Å². The Kier molecular flexibility index (Phi) is 6.81. The number of ether oxygens (including phenoxy) is 1. The third-order valence-electron chi connectivity index (χ3n) is 8.04. The number of nitrogens with two attached hydrogens (primary N) is 1. The first-order chi connectivity index (χ1) is 18.9. The third kappa shape index (κ3) is 4.78. The number of carbonyl (C=O) groups is 1. The van der Waals surface area contributed by atoms with Gasteiger partial charge in [0.1, 0.15) is 12.4 Å². The molecule has 3 N–H and O–H groups in total. The van der Waals surface area contributed by atoms with Crippen molar-refractivity contribution in [3.05, 3.63) is 47.5 Å². The highest BCUT2D eigenvalue weighted by Gasteiger charge is 2.29. The fourth-order valence-electron chi connectivity index (χ4n) is 5.73. The predicted molar refractivity (Wildman–Crippen MR) is 150 cm³/mol. The number of carbonyl (C=O) groups excluding carboxylic acids is 1. The summed E-state index contributed by atoms with van der Waals surface area (Å²) >= 11 is 0. The molecule has 2 atom stereocenters. The van der Waals surface area contributed by atoms with E-state index < -0.39 is 12.7 Å². The van der Waals surface area contributed by atoms with Crippen LogP contribution in [-0.4, -0.2) is 68.5 Å². The van der Waals surface area contributed by atoms with Gasteiger partial charge in [-0.15, -0.1) is 0 Å². The standard InChI is InChI=1S/C30H36FN5O3/c1-18(9-11-37)39-27-5-3-4-21-13-26(36(28(21)27)16-19-6-7-19)29-33-24-14-23-20(12-25(24)34(29)2)8-10-35(30(23)38)17-22(32)15-31/h3-5,12-14,18-19,22,37H,6-11,15-17,32H2,1-2H3/t18-,22+/m0/s1. The summed E-state index contributed by atoms with van der Waals surface area (Å²) in [5.74, 6) is 2.16. The minimum atomic E-state index is -0.672. The Morgan fingerprint density at radius 3 is 2.82 bits per heavy atom. The second-order valence-corrected chi connectivity index (χ2v) is 11.1. The van der Waals surface area contributed by atoms with Gasteiger partial charge in [-0.05, 0) is 61.9 Å². The van der Waals surface area contributed by atoms with Crippen molar-refractivity contribution in [3.63, 3.8) is 0 Å². The van der Waals surface area contributed by atoms with E-state index in [2.05, 4.69) is 27.3 Å². The van der Waals surface area contributed by atoms with Crippen LogP contribution < -0.4 is 10.5 Å². The van der Waals surface area contributed by atoms with Crippen molar-refractivity contribution in [3.8, 4) is 17.3 Å². The van der Waals surface area contributed by atoms with Gasteiger partial charge < -0.3 is 29.6 Å². The predicted octanol–water partition coefficient (Wildman–Crippen LogP) is 4.05. The first-order valence-electron chi connectivity index (χ1n) is 13.9. The maximum absolute atomic E-state index is 13.2. The second-order valence-electron chi connectivity index (χ2n) is 11.1. The van der Waals surface area contributed by atoms with Crippen LogP contribution in [0.5, 0.6) is 5.75 Å². The van der Waals surface area contributed by atoms with Gasteiger partial charge in [0, 0.05) is 50.7 Å². The van der Waals surface area contributed by atoms with Crippen LogP contribution in [0.4, 0.5) is 4.39 Å². The molecule has 1 aliphatic heterocycles. The van der Waals surface area contributed by atoms with Gasteiger partial charge >= 0.3 is 0 Å². The topological polar surface area (TPSA) is 98.5 Å². The van der Waals surface area contributed by atoms with Crippen LogP contribution in [0.15, 0.2) is 36.4 Å². The Bertz CT molecular complexity index is 1540. The van der Waals surface area contributed by atoms with Gasteiger partial charge in [0.05, 0.1) is 34.4 Å². The Morgan fingerprint density at radius 2 is 2.08 bits per heavy atom. The molecule has 2 aromatic carbocycles. The molecule has 0 spiro atoms. The maximum atomic E-state index is 13.2. The molecule has 2 aromatic heterocycles. The van der Waals surface area contributed by atoms with E-state index in [1.807, 2.05) is 32.2 Å². The SMILES string of the molecule is C[C@@H](CCO)Oc1cccc2cc(-c3nc4cc5c(cc4n3C)CCN(C[C@H](N)CF)C5=O)n(CC3CC3)c12. The molecule has 39 heavy (non-hydrogen) atoms. The number of alkyl halides is 1. The van der Waals surface area contributed by atoms with E-state index in [9.17, 15) is 14.3 Å². The number of aryl methyl sites for hydroxylation is 1. The van der Waals surface area contributed by atoms with Crippen LogP contribution in [0.25, 0.3) is 33.5 Å². The summed E-state index contributed by atoms with van der Waals surface area (Å²) in [5.41, 5.74) is 11.2. The molecule has 0 radical (unpaired) electrons. The van der Waals surface area contributed by atoms with Gasteiger partial charge in [-0.25, -0.2) is 9.37 Å². The van der Waals surface area contributed by atoms with Crippen molar-refractivity contribution in [1.82, 2.24) is 19.0 Å². The highest BCUT2D eigenvalue weighted by atomic mass is 19.1. The smallest absolute Gasteiger partial charge is 0.254 e. The monoisotopic (exact) mass is 533 g/mol. The molecule has 1 amide bonds. The number of aliphatic hydroxyl groups excluding tert-OH is 1. The molecule has 0 unspecified atom stereocenters.